The fourth-order valence-corrected chi connectivity index (χ4v) is 3.99. The molecule has 2 aromatic rings. The Balaban J connectivity index is 1.54. The molecular weight excluding hydrogens is 385 g/mol. The van der Waals surface area contributed by atoms with E-state index in [9.17, 15) is 18.0 Å². The topological polar surface area (TPSA) is 67.2 Å². The monoisotopic (exact) mass is 400 g/mol. The highest BCUT2D eigenvalue weighted by molar-refractivity contribution is 6.33. The summed E-state index contributed by atoms with van der Waals surface area (Å²) in [6.07, 6.45) is -0.794. The molecule has 7 nitrogen and oxygen atoms in total. The van der Waals surface area contributed by atoms with E-state index >= 15 is 0 Å². The number of hydrogen-bond donors (Lipinski definition) is 0. The quantitative estimate of drug-likeness (QED) is 0.785. The maximum Gasteiger partial charge on any atom is 0.408 e. The van der Waals surface area contributed by atoms with Crippen LogP contribution in [0.3, 0.4) is 0 Å². The maximum atomic E-state index is 12.5. The first kappa shape index (κ1) is 18.0. The van der Waals surface area contributed by atoms with E-state index in [0.29, 0.717) is 23.5 Å². The van der Waals surface area contributed by atoms with E-state index in [1.165, 1.54) is 12.5 Å². The first-order chi connectivity index (χ1) is 12.7. The first-order valence-electron chi connectivity index (χ1n) is 8.37. The lowest BCUT2D eigenvalue weighted by Crippen LogP contribution is -2.69. The molecule has 11 heteroatoms. The van der Waals surface area contributed by atoms with Gasteiger partial charge in [-0.25, -0.2) is 14.6 Å². The molecule has 2 aromatic heterocycles. The van der Waals surface area contributed by atoms with Gasteiger partial charge in [0.05, 0.1) is 24.0 Å². The highest BCUT2D eigenvalue weighted by Crippen LogP contribution is 2.38. The Morgan fingerprint density at radius 3 is 2.59 bits per heavy atom. The van der Waals surface area contributed by atoms with Crippen molar-refractivity contribution in [3.05, 3.63) is 39.7 Å². The third kappa shape index (κ3) is 3.33. The molecule has 0 radical (unpaired) electrons. The predicted octanol–water partition coefficient (Wildman–Crippen LogP) is 2.02. The fraction of sp³-hybridized carbons (Fsp3) is 0.500. The zero-order valence-corrected chi connectivity index (χ0v) is 15.1. The molecule has 3 aliphatic rings. The molecule has 0 saturated carbocycles. The second-order valence-electron chi connectivity index (χ2n) is 6.79. The number of anilines is 2. The van der Waals surface area contributed by atoms with Crippen molar-refractivity contribution >= 4 is 23.1 Å². The summed E-state index contributed by atoms with van der Waals surface area (Å²) in [7, 11) is 0. The molecule has 2 atom stereocenters. The molecule has 2 bridgehead atoms. The minimum Gasteiger partial charge on any atom is -0.365 e. The number of aryl methyl sites for hydroxylation is 1. The van der Waals surface area contributed by atoms with Gasteiger partial charge in [-0.1, -0.05) is 11.6 Å². The molecule has 27 heavy (non-hydrogen) atoms. The van der Waals surface area contributed by atoms with Crippen LogP contribution in [0.1, 0.15) is 12.1 Å². The minimum absolute atomic E-state index is 0.187. The molecule has 2 unspecified atom stereocenters. The van der Waals surface area contributed by atoms with Crippen LogP contribution >= 0.6 is 11.6 Å². The van der Waals surface area contributed by atoms with E-state index in [-0.39, 0.29) is 17.1 Å². The van der Waals surface area contributed by atoms with Crippen molar-refractivity contribution in [3.63, 3.8) is 0 Å². The third-order valence-corrected chi connectivity index (χ3v) is 5.24. The van der Waals surface area contributed by atoms with E-state index in [4.69, 9.17) is 11.6 Å². The van der Waals surface area contributed by atoms with Gasteiger partial charge in [-0.05, 0) is 13.3 Å². The minimum atomic E-state index is -4.54. The van der Waals surface area contributed by atoms with E-state index in [0.717, 1.165) is 17.9 Å². The number of halogens is 4. The molecule has 0 N–H and O–H groups in total. The van der Waals surface area contributed by atoms with Crippen LogP contribution in [0.15, 0.2) is 23.4 Å². The Kier molecular flexibility index (Phi) is 4.25. The van der Waals surface area contributed by atoms with E-state index < -0.39 is 18.3 Å². The van der Waals surface area contributed by atoms with Gasteiger partial charge in [-0.3, -0.25) is 4.79 Å². The summed E-state index contributed by atoms with van der Waals surface area (Å²) < 4.78 is 37.9. The lowest BCUT2D eigenvalue weighted by atomic mass is 9.87. The van der Waals surface area contributed by atoms with Crippen molar-refractivity contribution in [2.45, 2.75) is 38.1 Å². The van der Waals surface area contributed by atoms with Crippen molar-refractivity contribution < 1.29 is 13.2 Å². The number of rotatable bonds is 3. The number of fused-ring (bicyclic) bond motifs is 2. The Bertz CT molecular complexity index is 921. The van der Waals surface area contributed by atoms with Crippen molar-refractivity contribution in [1.82, 2.24) is 19.7 Å². The van der Waals surface area contributed by atoms with Crippen LogP contribution in [0.4, 0.5) is 24.7 Å². The zero-order valence-electron chi connectivity index (χ0n) is 14.3. The normalized spacial score (nSPS) is 22.0. The summed E-state index contributed by atoms with van der Waals surface area (Å²) in [5, 5.41) is 3.42. The highest BCUT2D eigenvalue weighted by atomic mass is 35.5. The summed E-state index contributed by atoms with van der Waals surface area (Å²) in [4.78, 5) is 24.7. The van der Waals surface area contributed by atoms with Crippen LogP contribution in [-0.4, -0.2) is 51.1 Å². The number of piperidine rings is 1. The molecule has 0 amide bonds. The summed E-state index contributed by atoms with van der Waals surface area (Å²) in [6.45, 7) is 1.61. The molecule has 0 aromatic carbocycles. The number of piperazine rings is 1. The second-order valence-corrected chi connectivity index (χ2v) is 7.17. The van der Waals surface area contributed by atoms with Gasteiger partial charge >= 0.3 is 6.18 Å². The van der Waals surface area contributed by atoms with Crippen LogP contribution in [0, 0.1) is 6.92 Å². The summed E-state index contributed by atoms with van der Waals surface area (Å²) in [6, 6.07) is 2.29. The maximum absolute atomic E-state index is 12.5. The number of nitrogens with zero attached hydrogens (tertiary/aromatic N) is 6. The molecule has 0 aliphatic carbocycles. The van der Waals surface area contributed by atoms with Crippen LogP contribution in [0.2, 0.25) is 5.02 Å². The van der Waals surface area contributed by atoms with Crippen LogP contribution < -0.4 is 15.4 Å². The van der Waals surface area contributed by atoms with Crippen LogP contribution in [0.25, 0.3) is 0 Å². The first-order valence-corrected chi connectivity index (χ1v) is 8.75. The summed E-state index contributed by atoms with van der Waals surface area (Å²) in [5.41, 5.74) is 0.310. The number of hydrogen-bond acceptors (Lipinski definition) is 6. The molecule has 0 spiro atoms. The molecule has 3 saturated heterocycles. The van der Waals surface area contributed by atoms with E-state index in [1.807, 2.05) is 17.9 Å². The predicted molar refractivity (Wildman–Crippen MR) is 93.2 cm³/mol. The molecular formula is C16H16ClF3N6O. The third-order valence-electron chi connectivity index (χ3n) is 4.88. The highest BCUT2D eigenvalue weighted by Gasteiger charge is 2.46. The van der Waals surface area contributed by atoms with Gasteiger partial charge in [0.15, 0.2) is 0 Å². The lowest BCUT2D eigenvalue weighted by Gasteiger charge is -2.57. The Hall–Kier alpha value is -2.36. The Morgan fingerprint density at radius 1 is 1.26 bits per heavy atom. The Morgan fingerprint density at radius 2 is 1.96 bits per heavy atom. The van der Waals surface area contributed by atoms with Gasteiger partial charge in [-0.2, -0.15) is 18.3 Å². The van der Waals surface area contributed by atoms with E-state index in [2.05, 4.69) is 20.0 Å². The van der Waals surface area contributed by atoms with Gasteiger partial charge < -0.3 is 9.80 Å². The summed E-state index contributed by atoms with van der Waals surface area (Å²) >= 11 is 6.08. The zero-order chi connectivity index (χ0) is 19.3. The molecule has 3 aliphatic heterocycles. The molecule has 5 rings (SSSR count). The number of alkyl halides is 3. The average Bonchev–Trinajstić information content (AvgIpc) is 2.58. The van der Waals surface area contributed by atoms with Gasteiger partial charge in [0, 0.05) is 24.8 Å². The van der Waals surface area contributed by atoms with Crippen molar-refractivity contribution in [3.8, 4) is 0 Å². The SMILES string of the molecule is Cc1cc(N2C3CC2CN(c2cnn(CC(F)(F)F)c(=O)c2Cl)C3)ncn1. The van der Waals surface area contributed by atoms with E-state index in [1.54, 1.807) is 0 Å². The second kappa shape index (κ2) is 6.36. The van der Waals surface area contributed by atoms with Crippen molar-refractivity contribution in [1.29, 1.82) is 0 Å². The average molecular weight is 401 g/mol. The molecule has 144 valence electrons. The van der Waals surface area contributed by atoms with Gasteiger partial charge in [-0.15, -0.1) is 0 Å². The van der Waals surface area contributed by atoms with Gasteiger partial charge in [0.25, 0.3) is 5.56 Å². The molecule has 3 fully saturated rings. The fourth-order valence-electron chi connectivity index (χ4n) is 3.72. The number of aromatic nitrogens is 4. The standard InChI is InChI=1S/C16H16ClF3N6O/c1-9-2-13(22-8-21-9)26-10-3-11(26)6-24(5-10)12-4-23-25(7-16(18,19)20)15(27)14(12)17/h2,4,8,10-11H,3,5-7H2,1H3. The van der Waals surface area contributed by atoms with Crippen molar-refractivity contribution in [2.24, 2.45) is 0 Å². The summed E-state index contributed by atoms with van der Waals surface area (Å²) in [5.74, 6) is 0.855. The van der Waals surface area contributed by atoms with Crippen LogP contribution in [0.5, 0.6) is 0 Å². The smallest absolute Gasteiger partial charge is 0.365 e. The molecule has 5 heterocycles. The van der Waals surface area contributed by atoms with Crippen LogP contribution in [-0.2, 0) is 6.54 Å². The van der Waals surface area contributed by atoms with Crippen molar-refractivity contribution in [2.75, 3.05) is 22.9 Å². The van der Waals surface area contributed by atoms with Gasteiger partial charge in [0.1, 0.15) is 23.7 Å². The van der Waals surface area contributed by atoms with Gasteiger partial charge in [0.2, 0.25) is 0 Å². The largest absolute Gasteiger partial charge is 0.408 e. The Labute approximate surface area is 157 Å². The lowest BCUT2D eigenvalue weighted by molar-refractivity contribution is -0.143.